The minimum absolute atomic E-state index is 0.276. The van der Waals surface area contributed by atoms with Gasteiger partial charge in [-0.25, -0.2) is 0 Å². The van der Waals surface area contributed by atoms with Gasteiger partial charge in [0.15, 0.2) is 0 Å². The number of hydrogen-bond acceptors (Lipinski definition) is 2. The molecular formula is C23H35NO. The van der Waals surface area contributed by atoms with Gasteiger partial charge in [0.05, 0.1) is 18.1 Å². The van der Waals surface area contributed by atoms with Gasteiger partial charge in [-0.2, -0.15) is 5.26 Å². The SMILES string of the molecule is CCCCCCCC1CCC(C#N)(c2ccc(OCCC)cc2)CC1. The highest BCUT2D eigenvalue weighted by atomic mass is 16.5. The second-order valence-corrected chi connectivity index (χ2v) is 7.71. The van der Waals surface area contributed by atoms with Crippen LogP contribution in [-0.2, 0) is 5.41 Å². The molecule has 0 N–H and O–H groups in total. The molecule has 138 valence electrons. The molecule has 1 aromatic rings. The molecular weight excluding hydrogens is 306 g/mol. The third kappa shape index (κ3) is 5.77. The van der Waals surface area contributed by atoms with Crippen LogP contribution in [0.15, 0.2) is 24.3 Å². The normalized spacial score (nSPS) is 23.2. The first kappa shape index (κ1) is 19.8. The van der Waals surface area contributed by atoms with Crippen LogP contribution in [0, 0.1) is 17.2 Å². The Morgan fingerprint density at radius 3 is 2.28 bits per heavy atom. The summed E-state index contributed by atoms with van der Waals surface area (Å²) < 4.78 is 5.67. The third-order valence-electron chi connectivity index (χ3n) is 5.77. The number of unbranched alkanes of at least 4 members (excludes halogenated alkanes) is 4. The average molecular weight is 342 g/mol. The van der Waals surface area contributed by atoms with Crippen molar-refractivity contribution in [1.29, 1.82) is 5.26 Å². The van der Waals surface area contributed by atoms with Crippen LogP contribution >= 0.6 is 0 Å². The summed E-state index contributed by atoms with van der Waals surface area (Å²) in [6.45, 7) is 5.13. The van der Waals surface area contributed by atoms with Crippen molar-refractivity contribution >= 4 is 0 Å². The van der Waals surface area contributed by atoms with Crippen molar-refractivity contribution in [1.82, 2.24) is 0 Å². The van der Waals surface area contributed by atoms with Crippen LogP contribution < -0.4 is 4.74 Å². The zero-order chi connectivity index (χ0) is 18.0. The van der Waals surface area contributed by atoms with Crippen molar-refractivity contribution in [3.63, 3.8) is 0 Å². The molecule has 2 rings (SSSR count). The quantitative estimate of drug-likeness (QED) is 0.439. The van der Waals surface area contributed by atoms with E-state index in [1.54, 1.807) is 0 Å². The van der Waals surface area contributed by atoms with Gasteiger partial charge in [-0.3, -0.25) is 0 Å². The maximum absolute atomic E-state index is 9.88. The number of ether oxygens (including phenoxy) is 1. The summed E-state index contributed by atoms with van der Waals surface area (Å²) in [6, 6.07) is 10.9. The summed E-state index contributed by atoms with van der Waals surface area (Å²) in [5.41, 5.74) is 0.905. The summed E-state index contributed by atoms with van der Waals surface area (Å²) in [4.78, 5) is 0. The smallest absolute Gasteiger partial charge is 0.119 e. The van der Waals surface area contributed by atoms with Crippen molar-refractivity contribution < 1.29 is 4.74 Å². The van der Waals surface area contributed by atoms with Gasteiger partial charge in [0.1, 0.15) is 5.75 Å². The van der Waals surface area contributed by atoms with E-state index in [-0.39, 0.29) is 5.41 Å². The monoisotopic (exact) mass is 341 g/mol. The van der Waals surface area contributed by atoms with Crippen molar-refractivity contribution in [3.05, 3.63) is 29.8 Å². The summed E-state index contributed by atoms with van der Waals surface area (Å²) in [5.74, 6) is 1.75. The van der Waals surface area contributed by atoms with Gasteiger partial charge in [-0.1, -0.05) is 64.5 Å². The minimum atomic E-state index is -0.276. The highest BCUT2D eigenvalue weighted by molar-refractivity contribution is 5.37. The van der Waals surface area contributed by atoms with Crippen molar-refractivity contribution in [3.8, 4) is 11.8 Å². The molecule has 25 heavy (non-hydrogen) atoms. The molecule has 0 unspecified atom stereocenters. The lowest BCUT2D eigenvalue weighted by molar-refractivity contribution is 0.261. The predicted octanol–water partition coefficient (Wildman–Crippen LogP) is 6.79. The Balaban J connectivity index is 1.85. The van der Waals surface area contributed by atoms with E-state index >= 15 is 0 Å². The van der Waals surface area contributed by atoms with Gasteiger partial charge in [-0.05, 0) is 55.7 Å². The average Bonchev–Trinajstić information content (AvgIpc) is 2.67. The van der Waals surface area contributed by atoms with Crippen LogP contribution in [0.25, 0.3) is 0 Å². The van der Waals surface area contributed by atoms with Gasteiger partial charge in [0.25, 0.3) is 0 Å². The topological polar surface area (TPSA) is 33.0 Å². The first-order valence-corrected chi connectivity index (χ1v) is 10.4. The molecule has 0 saturated heterocycles. The summed E-state index contributed by atoms with van der Waals surface area (Å²) in [7, 11) is 0. The molecule has 1 saturated carbocycles. The zero-order valence-corrected chi connectivity index (χ0v) is 16.2. The molecule has 0 aliphatic heterocycles. The fraction of sp³-hybridized carbons (Fsp3) is 0.696. The van der Waals surface area contributed by atoms with E-state index in [1.165, 1.54) is 56.9 Å². The summed E-state index contributed by atoms with van der Waals surface area (Å²) in [6.07, 6.45) is 13.6. The molecule has 0 amide bonds. The fourth-order valence-corrected chi connectivity index (χ4v) is 4.05. The van der Waals surface area contributed by atoms with Gasteiger partial charge >= 0.3 is 0 Å². The van der Waals surface area contributed by atoms with E-state index in [4.69, 9.17) is 4.74 Å². The lowest BCUT2D eigenvalue weighted by Crippen LogP contribution is -2.30. The zero-order valence-electron chi connectivity index (χ0n) is 16.2. The number of benzene rings is 1. The Labute approximate surface area is 154 Å². The summed E-state index contributed by atoms with van der Waals surface area (Å²) >= 11 is 0. The third-order valence-corrected chi connectivity index (χ3v) is 5.77. The highest BCUT2D eigenvalue weighted by Gasteiger charge is 2.36. The van der Waals surface area contributed by atoms with Crippen molar-refractivity contribution in [2.45, 2.75) is 89.9 Å². The molecule has 0 heterocycles. The van der Waals surface area contributed by atoms with Crippen molar-refractivity contribution in [2.75, 3.05) is 6.61 Å². The van der Waals surface area contributed by atoms with Crippen LogP contribution in [0.4, 0.5) is 0 Å². The van der Waals surface area contributed by atoms with E-state index in [2.05, 4.69) is 32.0 Å². The summed E-state index contributed by atoms with van der Waals surface area (Å²) in [5, 5.41) is 9.88. The lowest BCUT2D eigenvalue weighted by atomic mass is 9.67. The first-order valence-electron chi connectivity index (χ1n) is 10.4. The predicted molar refractivity (Wildman–Crippen MR) is 105 cm³/mol. The van der Waals surface area contributed by atoms with Crippen LogP contribution in [0.1, 0.15) is 90.0 Å². The van der Waals surface area contributed by atoms with E-state index < -0.39 is 0 Å². The molecule has 0 radical (unpaired) electrons. The minimum Gasteiger partial charge on any atom is -0.494 e. The Morgan fingerprint density at radius 2 is 1.68 bits per heavy atom. The van der Waals surface area contributed by atoms with Gasteiger partial charge < -0.3 is 4.74 Å². The van der Waals surface area contributed by atoms with E-state index in [1.807, 2.05) is 12.1 Å². The standard InChI is InChI=1S/C23H35NO/c1-3-5-6-7-8-9-20-14-16-23(19-24,17-15-20)21-10-12-22(13-11-21)25-18-4-2/h10-13,20H,3-9,14-18H2,1-2H3. The molecule has 1 aromatic carbocycles. The Morgan fingerprint density at radius 1 is 1.00 bits per heavy atom. The maximum Gasteiger partial charge on any atom is 0.119 e. The highest BCUT2D eigenvalue weighted by Crippen LogP contribution is 2.43. The lowest BCUT2D eigenvalue weighted by Gasteiger charge is -2.35. The van der Waals surface area contributed by atoms with Crippen LogP contribution in [0.2, 0.25) is 0 Å². The molecule has 2 heteroatoms. The molecule has 0 spiro atoms. The van der Waals surface area contributed by atoms with Gasteiger partial charge in [0, 0.05) is 0 Å². The van der Waals surface area contributed by atoms with E-state index in [9.17, 15) is 5.26 Å². The van der Waals surface area contributed by atoms with E-state index in [0.717, 1.165) is 37.5 Å². The number of hydrogen-bond donors (Lipinski definition) is 0. The van der Waals surface area contributed by atoms with Gasteiger partial charge in [-0.15, -0.1) is 0 Å². The van der Waals surface area contributed by atoms with Crippen molar-refractivity contribution in [2.24, 2.45) is 5.92 Å². The second kappa shape index (κ2) is 10.5. The molecule has 1 aliphatic rings. The second-order valence-electron chi connectivity index (χ2n) is 7.71. The Kier molecular flexibility index (Phi) is 8.32. The first-order chi connectivity index (χ1) is 12.2. The Bertz CT molecular complexity index is 520. The van der Waals surface area contributed by atoms with Crippen LogP contribution in [-0.4, -0.2) is 6.61 Å². The molecule has 0 aromatic heterocycles. The van der Waals surface area contributed by atoms with E-state index in [0.29, 0.717) is 0 Å². The Hall–Kier alpha value is -1.49. The molecule has 0 bridgehead atoms. The molecule has 1 aliphatic carbocycles. The van der Waals surface area contributed by atoms with Crippen LogP contribution in [0.5, 0.6) is 5.75 Å². The number of nitriles is 1. The van der Waals surface area contributed by atoms with Gasteiger partial charge in [0.2, 0.25) is 0 Å². The maximum atomic E-state index is 9.88. The fourth-order valence-electron chi connectivity index (χ4n) is 4.05. The number of rotatable bonds is 10. The number of nitrogens with zero attached hydrogens (tertiary/aromatic N) is 1. The molecule has 2 nitrogen and oxygen atoms in total. The molecule has 0 atom stereocenters. The molecule has 1 fully saturated rings. The largest absolute Gasteiger partial charge is 0.494 e. The van der Waals surface area contributed by atoms with Crippen LogP contribution in [0.3, 0.4) is 0 Å².